The van der Waals surface area contributed by atoms with Crippen molar-refractivity contribution >= 4 is 6.08 Å². The van der Waals surface area contributed by atoms with Crippen LogP contribution < -0.4 is 0 Å². The van der Waals surface area contributed by atoms with E-state index in [0.29, 0.717) is 0 Å². The lowest BCUT2D eigenvalue weighted by Crippen LogP contribution is -1.99. The highest BCUT2D eigenvalue weighted by atomic mass is 16.5. The SMILES string of the molecule is C1=C(C/C=C/c2ccccc2)OCCC1. The molecule has 1 heterocycles. The molecule has 1 aromatic carbocycles. The number of hydrogen-bond acceptors (Lipinski definition) is 1. The van der Waals surface area contributed by atoms with Crippen molar-refractivity contribution in [2.75, 3.05) is 6.61 Å². The molecule has 15 heavy (non-hydrogen) atoms. The molecular formula is C14H16O. The van der Waals surface area contributed by atoms with E-state index < -0.39 is 0 Å². The van der Waals surface area contributed by atoms with Gasteiger partial charge in [-0.05, 0) is 24.5 Å². The Morgan fingerprint density at radius 3 is 2.80 bits per heavy atom. The van der Waals surface area contributed by atoms with Gasteiger partial charge in [0.25, 0.3) is 0 Å². The quantitative estimate of drug-likeness (QED) is 0.721. The molecule has 0 aliphatic carbocycles. The molecule has 2 rings (SSSR count). The average molecular weight is 200 g/mol. The van der Waals surface area contributed by atoms with Gasteiger partial charge in [-0.25, -0.2) is 0 Å². The lowest BCUT2D eigenvalue weighted by atomic mass is 10.1. The van der Waals surface area contributed by atoms with E-state index in [1.54, 1.807) is 0 Å². The summed E-state index contributed by atoms with van der Waals surface area (Å²) in [6, 6.07) is 10.3. The summed E-state index contributed by atoms with van der Waals surface area (Å²) in [7, 11) is 0. The van der Waals surface area contributed by atoms with Crippen molar-refractivity contribution in [3.8, 4) is 0 Å². The van der Waals surface area contributed by atoms with Crippen LogP contribution in [-0.2, 0) is 4.74 Å². The molecule has 0 radical (unpaired) electrons. The first-order valence-electron chi connectivity index (χ1n) is 5.48. The summed E-state index contributed by atoms with van der Waals surface area (Å²) in [6.07, 6.45) is 9.72. The first kappa shape index (κ1) is 10.0. The van der Waals surface area contributed by atoms with Crippen LogP contribution in [0.1, 0.15) is 24.8 Å². The lowest BCUT2D eigenvalue weighted by Gasteiger charge is -2.12. The molecule has 0 spiro atoms. The summed E-state index contributed by atoms with van der Waals surface area (Å²) in [5, 5.41) is 0. The van der Waals surface area contributed by atoms with Crippen molar-refractivity contribution in [3.63, 3.8) is 0 Å². The molecule has 1 aromatic rings. The molecule has 1 heteroatoms. The van der Waals surface area contributed by atoms with Gasteiger partial charge in [0.15, 0.2) is 0 Å². The lowest BCUT2D eigenvalue weighted by molar-refractivity contribution is 0.189. The van der Waals surface area contributed by atoms with E-state index in [2.05, 4.69) is 42.5 Å². The van der Waals surface area contributed by atoms with Crippen molar-refractivity contribution in [2.24, 2.45) is 0 Å². The van der Waals surface area contributed by atoms with Crippen molar-refractivity contribution in [1.82, 2.24) is 0 Å². The Morgan fingerprint density at radius 1 is 1.20 bits per heavy atom. The minimum Gasteiger partial charge on any atom is -0.498 e. The van der Waals surface area contributed by atoms with E-state index in [1.807, 2.05) is 6.07 Å². The van der Waals surface area contributed by atoms with E-state index in [4.69, 9.17) is 4.74 Å². The Balaban J connectivity index is 1.87. The zero-order chi connectivity index (χ0) is 10.3. The fourth-order valence-corrected chi connectivity index (χ4v) is 1.63. The minimum absolute atomic E-state index is 0.880. The summed E-state index contributed by atoms with van der Waals surface area (Å²) >= 11 is 0. The van der Waals surface area contributed by atoms with E-state index in [9.17, 15) is 0 Å². The van der Waals surface area contributed by atoms with Crippen LogP contribution in [0.15, 0.2) is 48.2 Å². The number of rotatable bonds is 3. The number of allylic oxidation sites excluding steroid dienone is 2. The fourth-order valence-electron chi connectivity index (χ4n) is 1.63. The fraction of sp³-hybridized carbons (Fsp3) is 0.286. The normalized spacial score (nSPS) is 16.1. The number of ether oxygens (including phenoxy) is 1. The first-order valence-corrected chi connectivity index (χ1v) is 5.48. The highest BCUT2D eigenvalue weighted by Crippen LogP contribution is 2.14. The van der Waals surface area contributed by atoms with Gasteiger partial charge in [-0.1, -0.05) is 42.5 Å². The van der Waals surface area contributed by atoms with Crippen LogP contribution in [0.4, 0.5) is 0 Å². The maximum atomic E-state index is 5.53. The van der Waals surface area contributed by atoms with Gasteiger partial charge in [-0.2, -0.15) is 0 Å². The Kier molecular flexibility index (Phi) is 3.61. The average Bonchev–Trinajstić information content (AvgIpc) is 2.32. The zero-order valence-corrected chi connectivity index (χ0v) is 8.86. The number of hydrogen-bond donors (Lipinski definition) is 0. The first-order chi connectivity index (χ1) is 7.45. The summed E-state index contributed by atoms with van der Waals surface area (Å²) in [5.74, 6) is 1.12. The molecule has 0 amide bonds. The second-order valence-corrected chi connectivity index (χ2v) is 3.68. The highest BCUT2D eigenvalue weighted by molar-refractivity contribution is 5.48. The van der Waals surface area contributed by atoms with Crippen LogP contribution in [-0.4, -0.2) is 6.61 Å². The van der Waals surface area contributed by atoms with Crippen molar-refractivity contribution in [2.45, 2.75) is 19.3 Å². The molecule has 0 N–H and O–H groups in total. The minimum atomic E-state index is 0.880. The molecule has 0 saturated heterocycles. The van der Waals surface area contributed by atoms with Gasteiger partial charge in [0.1, 0.15) is 0 Å². The molecule has 0 fully saturated rings. The van der Waals surface area contributed by atoms with E-state index in [0.717, 1.165) is 31.6 Å². The largest absolute Gasteiger partial charge is 0.498 e. The molecule has 78 valence electrons. The second kappa shape index (κ2) is 5.40. The van der Waals surface area contributed by atoms with Gasteiger partial charge in [0.2, 0.25) is 0 Å². The Morgan fingerprint density at radius 2 is 2.07 bits per heavy atom. The van der Waals surface area contributed by atoms with Gasteiger partial charge >= 0.3 is 0 Å². The monoisotopic (exact) mass is 200 g/mol. The van der Waals surface area contributed by atoms with Gasteiger partial charge in [-0.3, -0.25) is 0 Å². The molecule has 0 bridgehead atoms. The predicted octanol–water partition coefficient (Wildman–Crippen LogP) is 3.78. The van der Waals surface area contributed by atoms with Crippen LogP contribution in [0.2, 0.25) is 0 Å². The highest BCUT2D eigenvalue weighted by Gasteiger charge is 2.00. The summed E-state index contributed by atoms with van der Waals surface area (Å²) in [4.78, 5) is 0. The Bertz CT molecular complexity index is 349. The summed E-state index contributed by atoms with van der Waals surface area (Å²) in [6.45, 7) is 0.880. The molecule has 0 atom stereocenters. The summed E-state index contributed by atoms with van der Waals surface area (Å²) in [5.41, 5.74) is 1.24. The van der Waals surface area contributed by atoms with E-state index in [1.165, 1.54) is 5.56 Å². The van der Waals surface area contributed by atoms with Crippen LogP contribution >= 0.6 is 0 Å². The van der Waals surface area contributed by atoms with Gasteiger partial charge in [-0.15, -0.1) is 0 Å². The second-order valence-electron chi connectivity index (χ2n) is 3.68. The van der Waals surface area contributed by atoms with Crippen LogP contribution in [0.25, 0.3) is 6.08 Å². The maximum absolute atomic E-state index is 5.53. The van der Waals surface area contributed by atoms with E-state index in [-0.39, 0.29) is 0 Å². The smallest absolute Gasteiger partial charge is 0.0957 e. The Hall–Kier alpha value is -1.50. The standard InChI is InChI=1S/C14H16O/c1-2-7-13(8-3-1)9-6-11-14-10-4-5-12-15-14/h1-3,6-10H,4-5,11-12H2/b9-6+. The summed E-state index contributed by atoms with van der Waals surface area (Å²) < 4.78 is 5.53. The number of benzene rings is 1. The van der Waals surface area contributed by atoms with Crippen molar-refractivity contribution in [1.29, 1.82) is 0 Å². The third-order valence-electron chi connectivity index (χ3n) is 2.44. The van der Waals surface area contributed by atoms with E-state index >= 15 is 0 Å². The van der Waals surface area contributed by atoms with Gasteiger partial charge < -0.3 is 4.74 Å². The topological polar surface area (TPSA) is 9.23 Å². The maximum Gasteiger partial charge on any atom is 0.0957 e. The molecule has 0 saturated carbocycles. The molecule has 1 nitrogen and oxygen atoms in total. The third-order valence-corrected chi connectivity index (χ3v) is 2.44. The van der Waals surface area contributed by atoms with Crippen molar-refractivity contribution < 1.29 is 4.74 Å². The molecule has 0 unspecified atom stereocenters. The zero-order valence-electron chi connectivity index (χ0n) is 8.86. The molecule has 1 aliphatic rings. The predicted molar refractivity (Wildman–Crippen MR) is 63.4 cm³/mol. The van der Waals surface area contributed by atoms with Gasteiger partial charge in [0, 0.05) is 6.42 Å². The van der Waals surface area contributed by atoms with Crippen molar-refractivity contribution in [3.05, 3.63) is 53.8 Å². The third kappa shape index (κ3) is 3.28. The van der Waals surface area contributed by atoms with Crippen LogP contribution in [0.5, 0.6) is 0 Å². The van der Waals surface area contributed by atoms with Crippen LogP contribution in [0, 0.1) is 0 Å². The van der Waals surface area contributed by atoms with Gasteiger partial charge in [0.05, 0.1) is 12.4 Å². The molecular weight excluding hydrogens is 184 g/mol. The van der Waals surface area contributed by atoms with Crippen LogP contribution in [0.3, 0.4) is 0 Å². The molecule has 0 aromatic heterocycles. The Labute approximate surface area is 91.1 Å². The molecule has 1 aliphatic heterocycles.